The maximum absolute atomic E-state index is 12.4. The van der Waals surface area contributed by atoms with Gasteiger partial charge >= 0.3 is 5.97 Å². The molecule has 1 heterocycles. The van der Waals surface area contributed by atoms with Crippen LogP contribution in [0.5, 0.6) is 0 Å². The van der Waals surface area contributed by atoms with Crippen LogP contribution < -0.4 is 5.32 Å². The van der Waals surface area contributed by atoms with Crippen LogP contribution in [-0.2, 0) is 0 Å². The monoisotopic (exact) mass is 300 g/mol. The van der Waals surface area contributed by atoms with Gasteiger partial charge in [0, 0.05) is 17.4 Å². The normalized spacial score (nSPS) is 10.8. The molecule has 0 bridgehead atoms. The highest BCUT2D eigenvalue weighted by atomic mass is 16.4. The molecule has 0 radical (unpaired) electrons. The van der Waals surface area contributed by atoms with Gasteiger partial charge in [0.05, 0.1) is 16.8 Å². The molecule has 0 aliphatic heterocycles. The second-order valence-electron chi connectivity index (χ2n) is 5.57. The van der Waals surface area contributed by atoms with Gasteiger partial charge in [0.2, 0.25) is 0 Å². The Morgan fingerprint density at radius 3 is 2.32 bits per heavy atom. The number of amides is 1. The van der Waals surface area contributed by atoms with Crippen LogP contribution in [-0.4, -0.2) is 27.6 Å². The van der Waals surface area contributed by atoms with Crippen molar-refractivity contribution in [1.29, 1.82) is 0 Å². The quantitative estimate of drug-likeness (QED) is 0.912. The van der Waals surface area contributed by atoms with Crippen molar-refractivity contribution >= 4 is 11.9 Å². The van der Waals surface area contributed by atoms with Crippen molar-refractivity contribution in [3.8, 4) is 5.69 Å². The lowest BCUT2D eigenvalue weighted by atomic mass is 10.1. The number of nitrogens with zero attached hydrogens (tertiary/aromatic N) is 1. The number of hydrogen-bond donors (Lipinski definition) is 2. The minimum Gasteiger partial charge on any atom is -0.478 e. The van der Waals surface area contributed by atoms with Crippen molar-refractivity contribution in [2.45, 2.75) is 33.7 Å². The summed E-state index contributed by atoms with van der Waals surface area (Å²) in [5.74, 6) is -1.14. The molecule has 1 aromatic heterocycles. The number of benzene rings is 1. The number of rotatable bonds is 4. The number of aryl methyl sites for hydroxylation is 1. The van der Waals surface area contributed by atoms with Crippen LogP contribution in [0.25, 0.3) is 5.69 Å². The van der Waals surface area contributed by atoms with Gasteiger partial charge in [0.15, 0.2) is 0 Å². The van der Waals surface area contributed by atoms with Crippen molar-refractivity contribution in [2.75, 3.05) is 0 Å². The highest BCUT2D eigenvalue weighted by molar-refractivity contribution is 5.98. The Morgan fingerprint density at radius 1 is 1.14 bits per heavy atom. The molecular formula is C17H20N2O3. The van der Waals surface area contributed by atoms with E-state index in [9.17, 15) is 14.7 Å². The summed E-state index contributed by atoms with van der Waals surface area (Å²) in [7, 11) is 0. The molecule has 2 N–H and O–H groups in total. The summed E-state index contributed by atoms with van der Waals surface area (Å²) in [6.07, 6.45) is 0. The second kappa shape index (κ2) is 6.05. The Hall–Kier alpha value is -2.56. The van der Waals surface area contributed by atoms with Gasteiger partial charge < -0.3 is 15.0 Å². The maximum atomic E-state index is 12.4. The number of nitrogens with one attached hydrogen (secondary N) is 1. The van der Waals surface area contributed by atoms with E-state index in [-0.39, 0.29) is 17.5 Å². The third-order valence-electron chi connectivity index (χ3n) is 3.47. The molecule has 2 rings (SSSR count). The zero-order chi connectivity index (χ0) is 16.4. The predicted molar refractivity (Wildman–Crippen MR) is 84.8 cm³/mol. The van der Waals surface area contributed by atoms with Crippen LogP contribution >= 0.6 is 0 Å². The minimum absolute atomic E-state index is 0.0296. The van der Waals surface area contributed by atoms with E-state index in [1.807, 2.05) is 32.9 Å². The number of carboxylic acids is 1. The Labute approximate surface area is 129 Å². The zero-order valence-corrected chi connectivity index (χ0v) is 13.2. The first-order valence-electron chi connectivity index (χ1n) is 7.15. The maximum Gasteiger partial charge on any atom is 0.337 e. The van der Waals surface area contributed by atoms with Crippen LogP contribution in [0.1, 0.15) is 46.0 Å². The first-order valence-corrected chi connectivity index (χ1v) is 7.15. The fourth-order valence-electron chi connectivity index (χ4n) is 2.55. The first kappa shape index (κ1) is 15.8. The molecule has 22 heavy (non-hydrogen) atoms. The average molecular weight is 300 g/mol. The summed E-state index contributed by atoms with van der Waals surface area (Å²) in [6, 6.07) is 8.84. The van der Waals surface area contributed by atoms with E-state index in [0.717, 1.165) is 5.69 Å². The van der Waals surface area contributed by atoms with E-state index in [1.54, 1.807) is 29.7 Å². The highest BCUT2D eigenvalue weighted by Crippen LogP contribution is 2.23. The Balaban J connectivity index is 2.60. The fraction of sp³-hybridized carbons (Fsp3) is 0.294. The zero-order valence-electron chi connectivity index (χ0n) is 13.2. The van der Waals surface area contributed by atoms with E-state index in [2.05, 4.69) is 5.32 Å². The lowest BCUT2D eigenvalue weighted by Crippen LogP contribution is -2.31. The molecule has 1 amide bonds. The number of carboxylic acid groups (broad SMARTS) is 1. The largest absolute Gasteiger partial charge is 0.478 e. The third-order valence-corrected chi connectivity index (χ3v) is 3.47. The molecule has 1 aromatic carbocycles. The number of aromatic nitrogens is 1. The predicted octanol–water partition coefficient (Wildman–Crippen LogP) is 2.93. The summed E-state index contributed by atoms with van der Waals surface area (Å²) >= 11 is 0. The Bertz CT molecular complexity index is 730. The van der Waals surface area contributed by atoms with Crippen LogP contribution in [0.4, 0.5) is 0 Å². The molecule has 2 aromatic rings. The SMILES string of the molecule is Cc1cc(C(=O)O)c(C)n1-c1ccccc1C(=O)NC(C)C. The molecule has 0 aliphatic rings. The Kier molecular flexibility index (Phi) is 4.35. The van der Waals surface area contributed by atoms with Crippen molar-refractivity contribution < 1.29 is 14.7 Å². The summed E-state index contributed by atoms with van der Waals surface area (Å²) in [6.45, 7) is 7.37. The standard InChI is InChI=1S/C17H20N2O3/c1-10(2)18-16(20)13-7-5-6-8-15(13)19-11(3)9-14(12(19)4)17(21)22/h5-10H,1-4H3,(H,18,20)(H,21,22). The van der Waals surface area contributed by atoms with Crippen LogP contribution in [0.15, 0.2) is 30.3 Å². The second-order valence-corrected chi connectivity index (χ2v) is 5.57. The molecule has 5 nitrogen and oxygen atoms in total. The van der Waals surface area contributed by atoms with Gasteiger partial charge in [-0.3, -0.25) is 4.79 Å². The molecule has 0 spiro atoms. The van der Waals surface area contributed by atoms with E-state index in [1.165, 1.54) is 0 Å². The van der Waals surface area contributed by atoms with Gasteiger partial charge in [0.25, 0.3) is 5.91 Å². The average Bonchev–Trinajstić information content (AvgIpc) is 2.73. The molecule has 0 aliphatic carbocycles. The Morgan fingerprint density at radius 2 is 1.77 bits per heavy atom. The van der Waals surface area contributed by atoms with Gasteiger partial charge in [-0.15, -0.1) is 0 Å². The van der Waals surface area contributed by atoms with E-state index in [0.29, 0.717) is 16.9 Å². The number of carbonyl (C=O) groups excluding carboxylic acids is 1. The van der Waals surface area contributed by atoms with Crippen molar-refractivity contribution in [2.24, 2.45) is 0 Å². The third kappa shape index (κ3) is 2.88. The van der Waals surface area contributed by atoms with Crippen LogP contribution in [0, 0.1) is 13.8 Å². The van der Waals surface area contributed by atoms with Crippen molar-refractivity contribution in [3.63, 3.8) is 0 Å². The number of hydrogen-bond acceptors (Lipinski definition) is 2. The summed E-state index contributed by atoms with van der Waals surface area (Å²) < 4.78 is 1.80. The van der Waals surface area contributed by atoms with Crippen LogP contribution in [0.3, 0.4) is 0 Å². The minimum atomic E-state index is -0.969. The molecule has 0 unspecified atom stereocenters. The van der Waals surface area contributed by atoms with E-state index < -0.39 is 5.97 Å². The van der Waals surface area contributed by atoms with Gasteiger partial charge in [-0.25, -0.2) is 4.79 Å². The van der Waals surface area contributed by atoms with E-state index >= 15 is 0 Å². The summed E-state index contributed by atoms with van der Waals surface area (Å²) in [4.78, 5) is 23.7. The lowest BCUT2D eigenvalue weighted by molar-refractivity contribution is 0.0696. The van der Waals surface area contributed by atoms with Gasteiger partial charge in [0.1, 0.15) is 0 Å². The molecule has 0 fully saturated rings. The molecule has 0 atom stereocenters. The van der Waals surface area contributed by atoms with Gasteiger partial charge in [-0.1, -0.05) is 12.1 Å². The number of aromatic carboxylic acids is 1. The van der Waals surface area contributed by atoms with Crippen molar-refractivity contribution in [1.82, 2.24) is 9.88 Å². The van der Waals surface area contributed by atoms with Crippen LogP contribution in [0.2, 0.25) is 0 Å². The molecule has 0 saturated carbocycles. The highest BCUT2D eigenvalue weighted by Gasteiger charge is 2.19. The molecular weight excluding hydrogens is 280 g/mol. The smallest absolute Gasteiger partial charge is 0.337 e. The van der Waals surface area contributed by atoms with Crippen molar-refractivity contribution in [3.05, 3.63) is 52.8 Å². The molecule has 0 saturated heterocycles. The number of carbonyl (C=O) groups is 2. The number of para-hydroxylation sites is 1. The molecule has 5 heteroatoms. The summed E-state index contributed by atoms with van der Waals surface area (Å²) in [5, 5.41) is 12.1. The van der Waals surface area contributed by atoms with Gasteiger partial charge in [-0.05, 0) is 45.9 Å². The molecule has 116 valence electrons. The van der Waals surface area contributed by atoms with E-state index in [4.69, 9.17) is 0 Å². The first-order chi connectivity index (χ1) is 10.3. The topological polar surface area (TPSA) is 71.3 Å². The summed E-state index contributed by atoms with van der Waals surface area (Å²) in [5.41, 5.74) is 2.84. The fourth-order valence-corrected chi connectivity index (χ4v) is 2.55. The lowest BCUT2D eigenvalue weighted by Gasteiger charge is -2.16. The van der Waals surface area contributed by atoms with Gasteiger partial charge in [-0.2, -0.15) is 0 Å².